The van der Waals surface area contributed by atoms with Crippen molar-refractivity contribution >= 4 is 19.3 Å². The third-order valence-electron chi connectivity index (χ3n) is 2.59. The fourth-order valence-electron chi connectivity index (χ4n) is 1.91. The SMILES string of the molecule is C=C(C)OC([SiH3])(OC(=C)C)OC(=C)C.C=CCO[Si](OCC=C)(OCC=C)OCC=C. The third kappa shape index (κ3) is 17.2. The molecule has 0 atom stereocenters. The summed E-state index contributed by atoms with van der Waals surface area (Å²) in [7, 11) is -2.65. The van der Waals surface area contributed by atoms with Crippen LogP contribution in [0.1, 0.15) is 20.8 Å². The molecule has 0 bridgehead atoms. The van der Waals surface area contributed by atoms with Crippen molar-refractivity contribution in [2.45, 2.75) is 26.4 Å². The first kappa shape index (κ1) is 31.0. The summed E-state index contributed by atoms with van der Waals surface area (Å²) in [4.78, 5) is 0. The average molecular weight is 471 g/mol. The minimum Gasteiger partial charge on any atom is -0.432 e. The zero-order valence-electron chi connectivity index (χ0n) is 19.4. The quantitative estimate of drug-likeness (QED) is 0.130. The van der Waals surface area contributed by atoms with E-state index < -0.39 is 14.6 Å². The standard InChI is InChI=1S/C12H20O4Si.C10H18O3Si/c1-5-9-13-17(14-10-6-2,15-11-7-3)16-12-8-4;1-7(2)11-10(14,12-8(3)4)13-9(5)6/h5-8H,1-4,9-12H2;1,3,5H2,2,4,6,14H3. The highest BCUT2D eigenvalue weighted by Crippen LogP contribution is 2.20. The van der Waals surface area contributed by atoms with E-state index in [1.165, 1.54) is 0 Å². The van der Waals surface area contributed by atoms with Crippen molar-refractivity contribution in [2.75, 3.05) is 26.4 Å². The number of hydrogen-bond acceptors (Lipinski definition) is 7. The van der Waals surface area contributed by atoms with Gasteiger partial charge in [0.1, 0.15) is 0 Å². The van der Waals surface area contributed by atoms with Crippen molar-refractivity contribution in [3.63, 3.8) is 0 Å². The lowest BCUT2D eigenvalue weighted by Crippen LogP contribution is -2.49. The predicted molar refractivity (Wildman–Crippen MR) is 131 cm³/mol. The Kier molecular flexibility index (Phi) is 17.6. The van der Waals surface area contributed by atoms with E-state index in [9.17, 15) is 0 Å². The van der Waals surface area contributed by atoms with E-state index in [1.54, 1.807) is 45.1 Å². The van der Waals surface area contributed by atoms with Gasteiger partial charge in [0.2, 0.25) is 0 Å². The van der Waals surface area contributed by atoms with Crippen LogP contribution in [0, 0.1) is 0 Å². The molecule has 0 aliphatic rings. The number of allylic oxidation sites excluding steroid dienone is 3. The first-order valence-corrected chi connectivity index (χ1v) is 12.2. The maximum Gasteiger partial charge on any atom is 0.680 e. The highest BCUT2D eigenvalue weighted by atomic mass is 28.4. The van der Waals surface area contributed by atoms with Crippen molar-refractivity contribution in [3.8, 4) is 0 Å². The van der Waals surface area contributed by atoms with Crippen LogP contribution in [0.5, 0.6) is 0 Å². The zero-order valence-corrected chi connectivity index (χ0v) is 22.4. The van der Waals surface area contributed by atoms with Crippen LogP contribution >= 0.6 is 0 Å². The maximum atomic E-state index is 5.50. The Morgan fingerprint density at radius 2 is 0.871 bits per heavy atom. The van der Waals surface area contributed by atoms with E-state index >= 15 is 0 Å². The number of ether oxygens (including phenoxy) is 3. The number of rotatable bonds is 18. The minimum absolute atomic E-state index is 0.289. The lowest BCUT2D eigenvalue weighted by atomic mass is 10.6. The summed E-state index contributed by atoms with van der Waals surface area (Å²) in [6.45, 7) is 31.6. The average Bonchev–Trinajstić information content (AvgIpc) is 2.65. The molecule has 31 heavy (non-hydrogen) atoms. The first-order chi connectivity index (χ1) is 14.5. The van der Waals surface area contributed by atoms with Gasteiger partial charge in [0.05, 0.1) is 43.7 Å². The van der Waals surface area contributed by atoms with Gasteiger partial charge in [0.15, 0.2) is 10.2 Å². The molecule has 0 radical (unpaired) electrons. The molecule has 0 aromatic rings. The van der Waals surface area contributed by atoms with Crippen LogP contribution in [0.4, 0.5) is 0 Å². The molecule has 0 aliphatic carbocycles. The second kappa shape index (κ2) is 17.5. The zero-order chi connectivity index (χ0) is 24.3. The molecule has 0 aliphatic heterocycles. The second-order valence-corrected chi connectivity index (χ2v) is 9.55. The lowest BCUT2D eigenvalue weighted by Gasteiger charge is -2.31. The van der Waals surface area contributed by atoms with Crippen molar-refractivity contribution in [1.29, 1.82) is 0 Å². The van der Waals surface area contributed by atoms with Gasteiger partial charge in [-0.25, -0.2) is 0 Å². The molecule has 9 heteroatoms. The van der Waals surface area contributed by atoms with E-state index in [-0.39, 0.29) is 26.4 Å². The van der Waals surface area contributed by atoms with E-state index in [1.807, 2.05) is 0 Å². The third-order valence-corrected chi connectivity index (χ3v) is 5.28. The van der Waals surface area contributed by atoms with Gasteiger partial charge >= 0.3 is 14.6 Å². The molecular formula is C22H38O7Si2. The normalized spacial score (nSPS) is 10.7. The Morgan fingerprint density at radius 3 is 1.03 bits per heavy atom. The molecule has 0 unspecified atom stereocenters. The predicted octanol–water partition coefficient (Wildman–Crippen LogP) is 3.85. The van der Waals surface area contributed by atoms with Gasteiger partial charge in [0, 0.05) is 0 Å². The van der Waals surface area contributed by atoms with Gasteiger partial charge in [-0.2, -0.15) is 0 Å². The fraction of sp³-hybridized carbons (Fsp3) is 0.364. The highest BCUT2D eigenvalue weighted by molar-refractivity contribution is 6.53. The summed E-state index contributed by atoms with van der Waals surface area (Å²) in [5.41, 5.74) is -1.09. The first-order valence-electron chi connectivity index (χ1n) is 9.52. The Morgan fingerprint density at radius 1 is 0.645 bits per heavy atom. The molecule has 0 spiro atoms. The Labute approximate surface area is 191 Å². The molecule has 0 N–H and O–H groups in total. The van der Waals surface area contributed by atoms with Crippen LogP contribution in [-0.4, -0.2) is 51.3 Å². The van der Waals surface area contributed by atoms with Crippen molar-refractivity contribution < 1.29 is 31.9 Å². The van der Waals surface area contributed by atoms with Crippen LogP contribution in [0.15, 0.2) is 87.6 Å². The number of hydrogen-bond donors (Lipinski definition) is 0. The van der Waals surface area contributed by atoms with Crippen molar-refractivity contribution in [2.24, 2.45) is 0 Å². The lowest BCUT2D eigenvalue weighted by molar-refractivity contribution is -0.273. The smallest absolute Gasteiger partial charge is 0.432 e. The summed E-state index contributed by atoms with van der Waals surface area (Å²) in [6.07, 6.45) is 6.42. The van der Waals surface area contributed by atoms with E-state index in [0.29, 0.717) is 27.5 Å². The van der Waals surface area contributed by atoms with Crippen LogP contribution in [0.3, 0.4) is 0 Å². The summed E-state index contributed by atoms with van der Waals surface area (Å²) < 4.78 is 38.1. The van der Waals surface area contributed by atoms with Gasteiger partial charge in [-0.1, -0.05) is 44.0 Å². The van der Waals surface area contributed by atoms with Crippen LogP contribution in [-0.2, 0) is 31.9 Å². The Bertz CT molecular complexity index is 523. The van der Waals surface area contributed by atoms with Crippen molar-refractivity contribution in [3.05, 3.63) is 87.6 Å². The molecule has 0 aromatic carbocycles. The molecule has 0 saturated heterocycles. The van der Waals surface area contributed by atoms with Gasteiger partial charge in [-0.3, -0.25) is 0 Å². The summed E-state index contributed by atoms with van der Waals surface area (Å²) in [5.74, 6) is 1.59. The topological polar surface area (TPSA) is 64.6 Å². The molecule has 176 valence electrons. The van der Waals surface area contributed by atoms with E-state index in [2.05, 4.69) is 46.1 Å². The summed E-state index contributed by atoms with van der Waals surface area (Å²) in [5, 5.41) is 0. The van der Waals surface area contributed by atoms with Gasteiger partial charge < -0.3 is 31.9 Å². The summed E-state index contributed by atoms with van der Waals surface area (Å²) in [6, 6.07) is 0. The van der Waals surface area contributed by atoms with E-state index in [0.717, 1.165) is 0 Å². The van der Waals surface area contributed by atoms with Crippen LogP contribution < -0.4 is 0 Å². The van der Waals surface area contributed by atoms with Gasteiger partial charge in [-0.15, -0.1) is 26.3 Å². The summed E-state index contributed by atoms with van der Waals surface area (Å²) >= 11 is 0. The van der Waals surface area contributed by atoms with Crippen molar-refractivity contribution in [1.82, 2.24) is 0 Å². The Hall–Kier alpha value is -2.15. The molecule has 7 nitrogen and oxygen atoms in total. The molecule has 0 amide bonds. The second-order valence-electron chi connectivity index (χ2n) is 6.17. The fourth-order valence-corrected chi connectivity index (χ4v) is 4.74. The molecule has 0 saturated carbocycles. The largest absolute Gasteiger partial charge is 0.680 e. The van der Waals surface area contributed by atoms with Gasteiger partial charge in [0.25, 0.3) is 0 Å². The molecule has 0 heterocycles. The maximum absolute atomic E-state index is 5.50. The van der Waals surface area contributed by atoms with E-state index in [4.69, 9.17) is 31.9 Å². The molecular weight excluding hydrogens is 432 g/mol. The molecule has 0 aromatic heterocycles. The Balaban J connectivity index is 0. The minimum atomic E-state index is -3.16. The van der Waals surface area contributed by atoms with Crippen LogP contribution in [0.25, 0.3) is 0 Å². The highest BCUT2D eigenvalue weighted by Gasteiger charge is 2.45. The molecule has 0 fully saturated rings. The molecule has 0 rings (SSSR count). The van der Waals surface area contributed by atoms with Gasteiger partial charge in [-0.05, 0) is 20.8 Å². The van der Waals surface area contributed by atoms with Crippen LogP contribution in [0.2, 0.25) is 0 Å². The monoisotopic (exact) mass is 470 g/mol.